The van der Waals surface area contributed by atoms with Gasteiger partial charge in [0.15, 0.2) is 5.82 Å². The summed E-state index contributed by atoms with van der Waals surface area (Å²) in [6.45, 7) is 4.51. The van der Waals surface area contributed by atoms with Gasteiger partial charge in [-0.15, -0.1) is 0 Å². The van der Waals surface area contributed by atoms with E-state index in [-0.39, 0.29) is 11.9 Å². The molecule has 1 heterocycles. The van der Waals surface area contributed by atoms with Crippen molar-refractivity contribution in [3.63, 3.8) is 0 Å². The molecule has 2 aliphatic carbocycles. The summed E-state index contributed by atoms with van der Waals surface area (Å²) in [5.74, 6) is 4.00. The van der Waals surface area contributed by atoms with E-state index in [1.807, 2.05) is 36.7 Å². The number of carbonyl (C=O) groups excluding carboxylic acids is 1. The van der Waals surface area contributed by atoms with Gasteiger partial charge in [0.2, 0.25) is 0 Å². The summed E-state index contributed by atoms with van der Waals surface area (Å²) in [7, 11) is 0. The first-order valence-electron chi connectivity index (χ1n) is 17.8. The fourth-order valence-corrected chi connectivity index (χ4v) is 7.43. The minimum atomic E-state index is -0.0528. The van der Waals surface area contributed by atoms with Crippen LogP contribution in [0, 0.1) is 23.7 Å². The molecular weight excluding hydrogens is 516 g/mol. The Morgan fingerprint density at radius 2 is 1.24 bits per heavy atom. The summed E-state index contributed by atoms with van der Waals surface area (Å²) >= 11 is 0. The summed E-state index contributed by atoms with van der Waals surface area (Å²) < 4.78 is 5.81. The fourth-order valence-electron chi connectivity index (χ4n) is 7.43. The van der Waals surface area contributed by atoms with Gasteiger partial charge in [-0.25, -0.2) is 9.97 Å². The molecule has 42 heavy (non-hydrogen) atoms. The van der Waals surface area contributed by atoms with E-state index in [4.69, 9.17) is 4.74 Å². The third-order valence-corrected chi connectivity index (χ3v) is 10.2. The Hall–Kier alpha value is -2.23. The van der Waals surface area contributed by atoms with Crippen molar-refractivity contribution >= 4 is 5.97 Å². The van der Waals surface area contributed by atoms with E-state index in [1.54, 1.807) is 0 Å². The number of aromatic nitrogens is 2. The van der Waals surface area contributed by atoms with Crippen LogP contribution in [0.15, 0.2) is 36.7 Å². The zero-order valence-corrected chi connectivity index (χ0v) is 26.8. The van der Waals surface area contributed by atoms with E-state index in [9.17, 15) is 4.79 Å². The number of nitrogens with zero attached hydrogens (tertiary/aromatic N) is 2. The van der Waals surface area contributed by atoms with E-state index < -0.39 is 0 Å². The van der Waals surface area contributed by atoms with Crippen LogP contribution in [0.5, 0.6) is 5.75 Å². The molecule has 0 unspecified atom stereocenters. The van der Waals surface area contributed by atoms with Gasteiger partial charge in [-0.2, -0.15) is 0 Å². The standard InChI is InChI=1S/C38H58N2O2/c1-3-5-7-8-9-10-11-13-14-30-16-18-32(19-17-30)33-20-22-35(23-21-33)38(41)42-36-26-24-34(25-27-36)37-39-28-31(29-40-37)15-12-6-4-2/h24-30,32-33,35H,3-23H2,1-2H3. The molecule has 0 bridgehead atoms. The molecular formula is C38H58N2O2. The quantitative estimate of drug-likeness (QED) is 0.107. The van der Waals surface area contributed by atoms with Gasteiger partial charge in [-0.3, -0.25) is 4.79 Å². The van der Waals surface area contributed by atoms with Gasteiger partial charge in [0.05, 0.1) is 5.92 Å². The molecule has 2 aromatic rings. The van der Waals surface area contributed by atoms with Crippen LogP contribution in [0.1, 0.15) is 148 Å². The minimum absolute atomic E-state index is 0.0443. The lowest BCUT2D eigenvalue weighted by Crippen LogP contribution is -2.30. The highest BCUT2D eigenvalue weighted by molar-refractivity contribution is 5.75. The third kappa shape index (κ3) is 10.8. The first-order valence-corrected chi connectivity index (χ1v) is 17.8. The van der Waals surface area contributed by atoms with Crippen LogP contribution in [0.3, 0.4) is 0 Å². The van der Waals surface area contributed by atoms with E-state index in [0.29, 0.717) is 11.6 Å². The number of unbranched alkanes of at least 4 members (excludes halogenated alkanes) is 9. The molecule has 2 aliphatic rings. The maximum absolute atomic E-state index is 13.0. The number of ether oxygens (including phenoxy) is 1. The van der Waals surface area contributed by atoms with E-state index in [0.717, 1.165) is 42.6 Å². The van der Waals surface area contributed by atoms with Gasteiger partial charge < -0.3 is 4.74 Å². The lowest BCUT2D eigenvalue weighted by Gasteiger charge is -2.37. The number of rotatable bonds is 17. The van der Waals surface area contributed by atoms with Gasteiger partial charge in [0.1, 0.15) is 5.75 Å². The molecule has 2 saturated carbocycles. The summed E-state index contributed by atoms with van der Waals surface area (Å²) in [5, 5.41) is 0. The number of esters is 1. The second-order valence-corrected chi connectivity index (χ2v) is 13.5. The zero-order chi connectivity index (χ0) is 29.4. The average Bonchev–Trinajstić information content (AvgIpc) is 3.03. The molecule has 0 saturated heterocycles. The Bertz CT molecular complexity index is 1000. The van der Waals surface area contributed by atoms with Crippen LogP contribution < -0.4 is 4.74 Å². The van der Waals surface area contributed by atoms with Crippen LogP contribution in [0.25, 0.3) is 11.4 Å². The predicted molar refractivity (Wildman–Crippen MR) is 174 cm³/mol. The van der Waals surface area contributed by atoms with Crippen molar-refractivity contribution in [3.05, 3.63) is 42.2 Å². The van der Waals surface area contributed by atoms with Gasteiger partial charge >= 0.3 is 5.97 Å². The smallest absolute Gasteiger partial charge is 0.314 e. The van der Waals surface area contributed by atoms with Gasteiger partial charge in [0.25, 0.3) is 0 Å². The molecule has 4 nitrogen and oxygen atoms in total. The monoisotopic (exact) mass is 574 g/mol. The first kappa shape index (κ1) is 32.7. The number of hydrogen-bond acceptors (Lipinski definition) is 4. The Kier molecular flexibility index (Phi) is 14.3. The summed E-state index contributed by atoms with van der Waals surface area (Å²) in [4.78, 5) is 22.1. The molecule has 1 aromatic carbocycles. The lowest BCUT2D eigenvalue weighted by molar-refractivity contribution is -0.140. The van der Waals surface area contributed by atoms with Crippen molar-refractivity contribution in [2.45, 2.75) is 149 Å². The Morgan fingerprint density at radius 1 is 0.690 bits per heavy atom. The maximum atomic E-state index is 13.0. The Balaban J connectivity index is 1.10. The van der Waals surface area contributed by atoms with Crippen molar-refractivity contribution in [2.75, 3.05) is 0 Å². The largest absolute Gasteiger partial charge is 0.426 e. The van der Waals surface area contributed by atoms with Crippen molar-refractivity contribution < 1.29 is 9.53 Å². The molecule has 0 N–H and O–H groups in total. The maximum Gasteiger partial charge on any atom is 0.314 e. The molecule has 0 atom stereocenters. The van der Waals surface area contributed by atoms with Gasteiger partial charge in [-0.05, 0) is 98.9 Å². The molecule has 0 amide bonds. The normalized spacial score (nSPS) is 22.6. The summed E-state index contributed by atoms with van der Waals surface area (Å²) in [6, 6.07) is 7.67. The molecule has 0 radical (unpaired) electrons. The van der Waals surface area contributed by atoms with Crippen LogP contribution in [-0.2, 0) is 11.2 Å². The molecule has 4 rings (SSSR count). The highest BCUT2D eigenvalue weighted by Crippen LogP contribution is 2.42. The van der Waals surface area contributed by atoms with Crippen molar-refractivity contribution in [1.29, 1.82) is 0 Å². The second-order valence-electron chi connectivity index (χ2n) is 13.5. The first-order chi connectivity index (χ1) is 20.7. The van der Waals surface area contributed by atoms with Crippen LogP contribution >= 0.6 is 0 Å². The highest BCUT2D eigenvalue weighted by atomic mass is 16.5. The Labute approximate surface area is 256 Å². The SMILES string of the molecule is CCCCCCCCCCC1CCC(C2CCC(C(=O)Oc3ccc(-c4ncc(CCCCC)cn4)cc3)CC2)CC1. The van der Waals surface area contributed by atoms with E-state index in [2.05, 4.69) is 23.8 Å². The molecule has 232 valence electrons. The molecule has 4 heteroatoms. The number of carbonyl (C=O) groups is 1. The summed E-state index contributed by atoms with van der Waals surface area (Å²) in [6.07, 6.45) is 31.5. The van der Waals surface area contributed by atoms with E-state index >= 15 is 0 Å². The molecule has 0 spiro atoms. The van der Waals surface area contributed by atoms with Gasteiger partial charge in [-0.1, -0.05) is 97.3 Å². The van der Waals surface area contributed by atoms with Crippen LogP contribution in [0.4, 0.5) is 0 Å². The van der Waals surface area contributed by atoms with Crippen LogP contribution in [0.2, 0.25) is 0 Å². The summed E-state index contributed by atoms with van der Waals surface area (Å²) in [5.41, 5.74) is 2.14. The third-order valence-electron chi connectivity index (χ3n) is 10.2. The highest BCUT2D eigenvalue weighted by Gasteiger charge is 2.33. The van der Waals surface area contributed by atoms with E-state index in [1.165, 1.54) is 121 Å². The number of benzene rings is 1. The Morgan fingerprint density at radius 3 is 1.86 bits per heavy atom. The second kappa shape index (κ2) is 18.4. The average molecular weight is 575 g/mol. The predicted octanol–water partition coefficient (Wildman–Crippen LogP) is 10.9. The van der Waals surface area contributed by atoms with Gasteiger partial charge in [0, 0.05) is 18.0 Å². The molecule has 1 aromatic heterocycles. The number of aryl methyl sites for hydroxylation is 1. The van der Waals surface area contributed by atoms with Crippen molar-refractivity contribution in [2.24, 2.45) is 23.7 Å². The lowest BCUT2D eigenvalue weighted by atomic mass is 9.68. The number of hydrogen-bond donors (Lipinski definition) is 0. The topological polar surface area (TPSA) is 52.1 Å². The van der Waals surface area contributed by atoms with Crippen LogP contribution in [-0.4, -0.2) is 15.9 Å². The molecule has 0 aliphatic heterocycles. The molecule has 2 fully saturated rings. The van der Waals surface area contributed by atoms with Crippen molar-refractivity contribution in [1.82, 2.24) is 9.97 Å². The van der Waals surface area contributed by atoms with Crippen molar-refractivity contribution in [3.8, 4) is 17.1 Å². The minimum Gasteiger partial charge on any atom is -0.426 e. The zero-order valence-electron chi connectivity index (χ0n) is 26.8. The fraction of sp³-hybridized carbons (Fsp3) is 0.711.